The first-order valence-corrected chi connectivity index (χ1v) is 8.98. The van der Waals surface area contributed by atoms with E-state index in [2.05, 4.69) is 53.6 Å². The van der Waals surface area contributed by atoms with Gasteiger partial charge in [0.05, 0.1) is 0 Å². The Balaban J connectivity index is 1.44. The minimum atomic E-state index is 0.755. The molecule has 1 aliphatic rings. The van der Waals surface area contributed by atoms with E-state index in [-0.39, 0.29) is 0 Å². The molecule has 0 radical (unpaired) electrons. The summed E-state index contributed by atoms with van der Waals surface area (Å²) in [6.45, 7) is 0. The summed E-state index contributed by atoms with van der Waals surface area (Å²) < 4.78 is 0. The van der Waals surface area contributed by atoms with E-state index in [1.807, 2.05) is 6.07 Å². The summed E-state index contributed by atoms with van der Waals surface area (Å²) in [5.41, 5.74) is 4.14. The van der Waals surface area contributed by atoms with Gasteiger partial charge in [0.25, 0.3) is 0 Å². The van der Waals surface area contributed by atoms with Gasteiger partial charge in [0, 0.05) is 22.1 Å². The highest BCUT2D eigenvalue weighted by Crippen LogP contribution is 2.37. The molecule has 0 spiro atoms. The molecule has 0 aliphatic heterocycles. The van der Waals surface area contributed by atoms with Crippen LogP contribution in [0.2, 0.25) is 5.02 Å². The molecule has 3 aromatic rings. The molecule has 0 amide bonds. The lowest BCUT2D eigenvalue weighted by atomic mass is 9.77. The van der Waals surface area contributed by atoms with E-state index in [0.717, 1.165) is 16.9 Å². The Bertz CT molecular complexity index is 782. The molecular formula is C21H22ClN. The van der Waals surface area contributed by atoms with Crippen LogP contribution in [0.5, 0.6) is 0 Å². The zero-order valence-electron chi connectivity index (χ0n) is 13.3. The average molecular weight is 324 g/mol. The summed E-state index contributed by atoms with van der Waals surface area (Å²) in [5, 5.41) is 2.12. The number of benzene rings is 2. The molecule has 118 valence electrons. The Morgan fingerprint density at radius 1 is 0.957 bits per heavy atom. The van der Waals surface area contributed by atoms with Crippen LogP contribution in [-0.2, 0) is 6.42 Å². The topological polar surface area (TPSA) is 15.8 Å². The Labute approximate surface area is 142 Å². The second-order valence-corrected chi connectivity index (χ2v) is 7.27. The molecule has 4 rings (SSSR count). The first kappa shape index (κ1) is 14.8. The van der Waals surface area contributed by atoms with Crippen molar-refractivity contribution in [3.63, 3.8) is 0 Å². The smallest absolute Gasteiger partial charge is 0.0457 e. The van der Waals surface area contributed by atoms with Crippen molar-refractivity contribution in [2.24, 2.45) is 5.92 Å². The number of H-pyrrole nitrogens is 1. The van der Waals surface area contributed by atoms with Crippen LogP contribution in [0, 0.1) is 5.92 Å². The van der Waals surface area contributed by atoms with Crippen molar-refractivity contribution in [2.45, 2.75) is 38.0 Å². The SMILES string of the molecule is Clc1ccc2[nH]cc(CC3CCC(c4ccccc4)CC3)c2c1. The van der Waals surface area contributed by atoms with Gasteiger partial charge in [0.1, 0.15) is 0 Å². The largest absolute Gasteiger partial charge is 0.361 e. The fourth-order valence-electron chi connectivity index (χ4n) is 4.06. The number of rotatable bonds is 3. The molecule has 0 atom stereocenters. The minimum Gasteiger partial charge on any atom is -0.361 e. The summed E-state index contributed by atoms with van der Waals surface area (Å²) in [7, 11) is 0. The highest BCUT2D eigenvalue weighted by molar-refractivity contribution is 6.31. The third-order valence-corrected chi connectivity index (χ3v) is 5.59. The molecule has 1 N–H and O–H groups in total. The molecule has 23 heavy (non-hydrogen) atoms. The Kier molecular flexibility index (Phi) is 4.13. The maximum absolute atomic E-state index is 6.16. The molecule has 0 bridgehead atoms. The highest BCUT2D eigenvalue weighted by atomic mass is 35.5. The quantitative estimate of drug-likeness (QED) is 0.579. The molecular weight excluding hydrogens is 302 g/mol. The molecule has 0 saturated heterocycles. The zero-order valence-corrected chi connectivity index (χ0v) is 14.0. The molecule has 1 fully saturated rings. The highest BCUT2D eigenvalue weighted by Gasteiger charge is 2.23. The number of fused-ring (bicyclic) bond motifs is 1. The Morgan fingerprint density at radius 2 is 1.74 bits per heavy atom. The fraction of sp³-hybridized carbons (Fsp3) is 0.333. The zero-order chi connectivity index (χ0) is 15.6. The van der Waals surface area contributed by atoms with Crippen LogP contribution in [0.15, 0.2) is 54.7 Å². The first-order chi connectivity index (χ1) is 11.3. The maximum Gasteiger partial charge on any atom is 0.0457 e. The normalized spacial score (nSPS) is 21.6. The van der Waals surface area contributed by atoms with Gasteiger partial charge in [-0.05, 0) is 73.3 Å². The third-order valence-electron chi connectivity index (χ3n) is 5.36. The van der Waals surface area contributed by atoms with E-state index in [4.69, 9.17) is 11.6 Å². The number of aromatic nitrogens is 1. The number of aromatic amines is 1. The predicted molar refractivity (Wildman–Crippen MR) is 98.2 cm³/mol. The van der Waals surface area contributed by atoms with Crippen molar-refractivity contribution < 1.29 is 0 Å². The van der Waals surface area contributed by atoms with Crippen molar-refractivity contribution in [3.05, 3.63) is 70.9 Å². The van der Waals surface area contributed by atoms with Crippen LogP contribution < -0.4 is 0 Å². The summed E-state index contributed by atoms with van der Waals surface area (Å²) in [6, 6.07) is 17.1. The van der Waals surface area contributed by atoms with E-state index in [1.54, 1.807) is 0 Å². The number of nitrogens with one attached hydrogen (secondary N) is 1. The Hall–Kier alpha value is -1.73. The third kappa shape index (κ3) is 3.16. The van der Waals surface area contributed by atoms with Crippen LogP contribution in [0.1, 0.15) is 42.7 Å². The van der Waals surface area contributed by atoms with E-state index in [0.29, 0.717) is 0 Å². The van der Waals surface area contributed by atoms with Crippen LogP contribution >= 0.6 is 11.6 Å². The summed E-state index contributed by atoms with van der Waals surface area (Å²) in [4.78, 5) is 3.38. The van der Waals surface area contributed by atoms with E-state index >= 15 is 0 Å². The minimum absolute atomic E-state index is 0.755. The van der Waals surface area contributed by atoms with Gasteiger partial charge < -0.3 is 4.98 Å². The van der Waals surface area contributed by atoms with Gasteiger partial charge in [-0.25, -0.2) is 0 Å². The lowest BCUT2D eigenvalue weighted by Gasteiger charge is -2.28. The van der Waals surface area contributed by atoms with Crippen molar-refractivity contribution in [1.29, 1.82) is 0 Å². The lowest BCUT2D eigenvalue weighted by molar-refractivity contribution is 0.325. The van der Waals surface area contributed by atoms with E-state index in [9.17, 15) is 0 Å². The number of hydrogen-bond donors (Lipinski definition) is 1. The van der Waals surface area contributed by atoms with Crippen LogP contribution in [0.4, 0.5) is 0 Å². The van der Waals surface area contributed by atoms with Gasteiger partial charge in [0.15, 0.2) is 0 Å². The second kappa shape index (κ2) is 6.41. The second-order valence-electron chi connectivity index (χ2n) is 6.84. The fourth-order valence-corrected chi connectivity index (χ4v) is 4.23. The van der Waals surface area contributed by atoms with Crippen LogP contribution in [0.3, 0.4) is 0 Å². The van der Waals surface area contributed by atoms with Crippen molar-refractivity contribution in [2.75, 3.05) is 0 Å². The number of hydrogen-bond acceptors (Lipinski definition) is 0. The standard InChI is InChI=1S/C21H22ClN/c22-19-10-11-21-20(13-19)18(14-23-21)12-15-6-8-17(9-7-15)16-4-2-1-3-5-16/h1-5,10-11,13-15,17,23H,6-9,12H2. The van der Waals surface area contributed by atoms with Crippen molar-refractivity contribution in [3.8, 4) is 0 Å². The average Bonchev–Trinajstić information content (AvgIpc) is 2.98. The molecule has 0 unspecified atom stereocenters. The van der Waals surface area contributed by atoms with Gasteiger partial charge in [-0.1, -0.05) is 41.9 Å². The van der Waals surface area contributed by atoms with Crippen LogP contribution in [-0.4, -0.2) is 4.98 Å². The van der Waals surface area contributed by atoms with Gasteiger partial charge in [0.2, 0.25) is 0 Å². The molecule has 1 nitrogen and oxygen atoms in total. The van der Waals surface area contributed by atoms with E-state index < -0.39 is 0 Å². The van der Waals surface area contributed by atoms with Gasteiger partial charge in [-0.15, -0.1) is 0 Å². The van der Waals surface area contributed by atoms with Gasteiger partial charge in [-0.2, -0.15) is 0 Å². The molecule has 1 saturated carbocycles. The summed E-state index contributed by atoms with van der Waals surface area (Å²) >= 11 is 6.16. The predicted octanol–water partition coefficient (Wildman–Crippen LogP) is 6.34. The van der Waals surface area contributed by atoms with E-state index in [1.165, 1.54) is 54.1 Å². The van der Waals surface area contributed by atoms with Crippen molar-refractivity contribution >= 4 is 22.5 Å². The summed E-state index contributed by atoms with van der Waals surface area (Å²) in [6.07, 6.45) is 8.63. The number of halogens is 1. The maximum atomic E-state index is 6.16. The van der Waals surface area contributed by atoms with Crippen LogP contribution in [0.25, 0.3) is 10.9 Å². The molecule has 1 heterocycles. The lowest BCUT2D eigenvalue weighted by Crippen LogP contribution is -2.15. The first-order valence-electron chi connectivity index (χ1n) is 8.60. The van der Waals surface area contributed by atoms with Gasteiger partial charge >= 0.3 is 0 Å². The molecule has 1 aliphatic carbocycles. The summed E-state index contributed by atoms with van der Waals surface area (Å²) in [5.74, 6) is 1.55. The molecule has 1 aromatic heterocycles. The Morgan fingerprint density at radius 3 is 2.52 bits per heavy atom. The monoisotopic (exact) mass is 323 g/mol. The molecule has 2 aromatic carbocycles. The van der Waals surface area contributed by atoms with Gasteiger partial charge in [-0.3, -0.25) is 0 Å². The molecule has 2 heteroatoms. The van der Waals surface area contributed by atoms with Crippen molar-refractivity contribution in [1.82, 2.24) is 4.98 Å².